The standard InChI is InChI=1S/C16H23NO3/c1-3-16(11-18)6-8-17(9-7-16)15(20)13-10-12(2)4-5-14(13)19/h4-5,10,18-19H,3,6-9,11H2,1-2H3. The van der Waals surface area contributed by atoms with Crippen LogP contribution in [0.15, 0.2) is 18.2 Å². The summed E-state index contributed by atoms with van der Waals surface area (Å²) in [5.41, 5.74) is 1.30. The molecule has 1 heterocycles. The zero-order valence-electron chi connectivity index (χ0n) is 12.2. The van der Waals surface area contributed by atoms with E-state index >= 15 is 0 Å². The molecule has 0 atom stereocenters. The highest BCUT2D eigenvalue weighted by Gasteiger charge is 2.34. The number of amides is 1. The molecule has 0 aromatic heterocycles. The molecule has 1 aliphatic rings. The summed E-state index contributed by atoms with van der Waals surface area (Å²) < 4.78 is 0. The molecular weight excluding hydrogens is 254 g/mol. The van der Waals surface area contributed by atoms with Crippen LogP contribution in [-0.4, -0.2) is 40.7 Å². The van der Waals surface area contributed by atoms with E-state index in [1.165, 1.54) is 0 Å². The first kappa shape index (κ1) is 14.9. The fraction of sp³-hybridized carbons (Fsp3) is 0.562. The molecule has 1 aromatic rings. The molecule has 0 unspecified atom stereocenters. The minimum Gasteiger partial charge on any atom is -0.507 e. The summed E-state index contributed by atoms with van der Waals surface area (Å²) in [6.07, 6.45) is 2.57. The first-order chi connectivity index (χ1) is 9.51. The number of aliphatic hydroxyl groups is 1. The molecule has 110 valence electrons. The molecule has 0 bridgehead atoms. The van der Waals surface area contributed by atoms with Crippen molar-refractivity contribution >= 4 is 5.91 Å². The van der Waals surface area contributed by atoms with Crippen LogP contribution in [0.5, 0.6) is 5.75 Å². The van der Waals surface area contributed by atoms with Gasteiger partial charge in [0.25, 0.3) is 5.91 Å². The predicted octanol–water partition coefficient (Wildman–Crippen LogP) is 2.33. The highest BCUT2D eigenvalue weighted by atomic mass is 16.3. The van der Waals surface area contributed by atoms with E-state index in [4.69, 9.17) is 0 Å². The minimum atomic E-state index is -0.117. The number of rotatable bonds is 3. The zero-order chi connectivity index (χ0) is 14.8. The third-order valence-corrected chi connectivity index (χ3v) is 4.58. The summed E-state index contributed by atoms with van der Waals surface area (Å²) in [5, 5.41) is 19.4. The molecule has 1 saturated heterocycles. The van der Waals surface area contributed by atoms with Gasteiger partial charge in [0, 0.05) is 19.7 Å². The lowest BCUT2D eigenvalue weighted by Crippen LogP contribution is -2.44. The highest BCUT2D eigenvalue weighted by Crippen LogP contribution is 2.35. The van der Waals surface area contributed by atoms with Crippen molar-refractivity contribution in [2.24, 2.45) is 5.41 Å². The number of piperidine rings is 1. The van der Waals surface area contributed by atoms with Gasteiger partial charge in [0.1, 0.15) is 5.75 Å². The first-order valence-electron chi connectivity index (χ1n) is 7.21. The number of aromatic hydroxyl groups is 1. The normalized spacial score (nSPS) is 18.1. The Labute approximate surface area is 120 Å². The number of phenolic OH excluding ortho intramolecular Hbond substituents is 1. The van der Waals surface area contributed by atoms with Crippen molar-refractivity contribution < 1.29 is 15.0 Å². The molecule has 2 N–H and O–H groups in total. The lowest BCUT2D eigenvalue weighted by molar-refractivity contribution is 0.0336. The second-order valence-corrected chi connectivity index (χ2v) is 5.82. The number of aliphatic hydroxyl groups excluding tert-OH is 1. The van der Waals surface area contributed by atoms with Gasteiger partial charge in [-0.3, -0.25) is 4.79 Å². The Morgan fingerprint density at radius 3 is 2.55 bits per heavy atom. The molecule has 1 aromatic carbocycles. The molecule has 0 saturated carbocycles. The zero-order valence-corrected chi connectivity index (χ0v) is 12.2. The molecule has 2 rings (SSSR count). The second-order valence-electron chi connectivity index (χ2n) is 5.82. The Kier molecular flexibility index (Phi) is 4.33. The number of carbonyl (C=O) groups is 1. The second kappa shape index (κ2) is 5.83. The predicted molar refractivity (Wildman–Crippen MR) is 77.8 cm³/mol. The van der Waals surface area contributed by atoms with E-state index in [0.29, 0.717) is 18.7 Å². The summed E-state index contributed by atoms with van der Waals surface area (Å²) >= 11 is 0. The molecule has 1 fully saturated rings. The van der Waals surface area contributed by atoms with Gasteiger partial charge in [-0.2, -0.15) is 0 Å². The van der Waals surface area contributed by atoms with Gasteiger partial charge in [0.05, 0.1) is 5.56 Å². The SMILES string of the molecule is CCC1(CO)CCN(C(=O)c2cc(C)ccc2O)CC1. The quantitative estimate of drug-likeness (QED) is 0.891. The largest absolute Gasteiger partial charge is 0.507 e. The van der Waals surface area contributed by atoms with Crippen molar-refractivity contribution in [3.63, 3.8) is 0 Å². The number of phenols is 1. The van der Waals surface area contributed by atoms with Crippen LogP contribution in [0.25, 0.3) is 0 Å². The smallest absolute Gasteiger partial charge is 0.257 e. The number of hydrogen-bond donors (Lipinski definition) is 2. The van der Waals surface area contributed by atoms with Crippen LogP contribution in [0.2, 0.25) is 0 Å². The summed E-state index contributed by atoms with van der Waals surface area (Å²) in [6, 6.07) is 5.08. The Hall–Kier alpha value is -1.55. The Balaban J connectivity index is 2.10. The molecule has 20 heavy (non-hydrogen) atoms. The van der Waals surface area contributed by atoms with Crippen LogP contribution in [-0.2, 0) is 0 Å². The van der Waals surface area contributed by atoms with E-state index in [2.05, 4.69) is 6.92 Å². The van der Waals surface area contributed by atoms with Gasteiger partial charge in [-0.05, 0) is 43.7 Å². The van der Waals surface area contributed by atoms with Gasteiger partial charge in [0.15, 0.2) is 0 Å². The molecule has 4 heteroatoms. The highest BCUT2D eigenvalue weighted by molar-refractivity contribution is 5.97. The van der Waals surface area contributed by atoms with Gasteiger partial charge in [-0.1, -0.05) is 18.6 Å². The van der Waals surface area contributed by atoms with Crippen LogP contribution < -0.4 is 0 Å². The van der Waals surface area contributed by atoms with Crippen LogP contribution in [0.4, 0.5) is 0 Å². The van der Waals surface area contributed by atoms with Gasteiger partial charge >= 0.3 is 0 Å². The number of benzene rings is 1. The maximum absolute atomic E-state index is 12.5. The fourth-order valence-electron chi connectivity index (χ4n) is 2.80. The van der Waals surface area contributed by atoms with Crippen molar-refractivity contribution in [3.8, 4) is 5.75 Å². The molecule has 0 aliphatic carbocycles. The van der Waals surface area contributed by atoms with Crippen LogP contribution in [0.3, 0.4) is 0 Å². The Bertz CT molecular complexity index is 484. The molecule has 0 radical (unpaired) electrons. The van der Waals surface area contributed by atoms with E-state index in [9.17, 15) is 15.0 Å². The van der Waals surface area contributed by atoms with E-state index in [1.807, 2.05) is 6.92 Å². The van der Waals surface area contributed by atoms with E-state index in [0.717, 1.165) is 24.8 Å². The van der Waals surface area contributed by atoms with Gasteiger partial charge in [0.2, 0.25) is 0 Å². The van der Waals surface area contributed by atoms with E-state index in [-0.39, 0.29) is 23.7 Å². The van der Waals surface area contributed by atoms with Crippen molar-refractivity contribution in [2.75, 3.05) is 19.7 Å². The van der Waals surface area contributed by atoms with Gasteiger partial charge < -0.3 is 15.1 Å². The third-order valence-electron chi connectivity index (χ3n) is 4.58. The summed E-state index contributed by atoms with van der Waals surface area (Å²) in [7, 11) is 0. The molecule has 0 spiro atoms. The van der Waals surface area contributed by atoms with E-state index in [1.54, 1.807) is 23.1 Å². The van der Waals surface area contributed by atoms with Crippen molar-refractivity contribution in [1.29, 1.82) is 0 Å². The molecule has 1 aliphatic heterocycles. The van der Waals surface area contributed by atoms with Gasteiger partial charge in [-0.15, -0.1) is 0 Å². The summed E-state index contributed by atoms with van der Waals surface area (Å²) in [4.78, 5) is 14.2. The van der Waals surface area contributed by atoms with Crippen molar-refractivity contribution in [3.05, 3.63) is 29.3 Å². The lowest BCUT2D eigenvalue weighted by Gasteiger charge is -2.40. The maximum atomic E-state index is 12.5. The molecule has 4 nitrogen and oxygen atoms in total. The summed E-state index contributed by atoms with van der Waals surface area (Å²) in [6.45, 7) is 5.45. The molecular formula is C16H23NO3. The average Bonchev–Trinajstić information content (AvgIpc) is 2.49. The van der Waals surface area contributed by atoms with Crippen LogP contribution >= 0.6 is 0 Å². The van der Waals surface area contributed by atoms with Crippen LogP contribution in [0.1, 0.15) is 42.1 Å². The topological polar surface area (TPSA) is 60.8 Å². The fourth-order valence-corrected chi connectivity index (χ4v) is 2.80. The van der Waals surface area contributed by atoms with Gasteiger partial charge in [-0.25, -0.2) is 0 Å². The maximum Gasteiger partial charge on any atom is 0.257 e. The number of nitrogens with zero attached hydrogens (tertiary/aromatic N) is 1. The van der Waals surface area contributed by atoms with E-state index < -0.39 is 0 Å². The monoisotopic (exact) mass is 277 g/mol. The van der Waals surface area contributed by atoms with Crippen molar-refractivity contribution in [1.82, 2.24) is 4.90 Å². The lowest BCUT2D eigenvalue weighted by atomic mass is 9.77. The first-order valence-corrected chi connectivity index (χ1v) is 7.21. The minimum absolute atomic E-state index is 0.0363. The third kappa shape index (κ3) is 2.80. The number of hydrogen-bond acceptors (Lipinski definition) is 3. The number of likely N-dealkylation sites (tertiary alicyclic amines) is 1. The number of aryl methyl sites for hydroxylation is 1. The van der Waals surface area contributed by atoms with Crippen LogP contribution in [0, 0.1) is 12.3 Å². The average molecular weight is 277 g/mol. The number of carbonyl (C=O) groups excluding carboxylic acids is 1. The van der Waals surface area contributed by atoms with Crippen molar-refractivity contribution in [2.45, 2.75) is 33.1 Å². The Morgan fingerprint density at radius 2 is 2.00 bits per heavy atom. The molecule has 1 amide bonds. The summed E-state index contributed by atoms with van der Waals surface area (Å²) in [5.74, 6) is -0.0797. The Morgan fingerprint density at radius 1 is 1.35 bits per heavy atom.